The van der Waals surface area contributed by atoms with Gasteiger partial charge in [-0.3, -0.25) is 4.79 Å². The zero-order chi connectivity index (χ0) is 19.8. The molecule has 27 heavy (non-hydrogen) atoms. The van der Waals surface area contributed by atoms with E-state index in [2.05, 4.69) is 9.97 Å². The summed E-state index contributed by atoms with van der Waals surface area (Å²) >= 11 is 1.31. The molecule has 0 radical (unpaired) electrons. The van der Waals surface area contributed by atoms with Crippen LogP contribution in [0.25, 0.3) is 10.9 Å². The molecule has 1 atom stereocenters. The van der Waals surface area contributed by atoms with Crippen molar-refractivity contribution in [2.75, 3.05) is 14.1 Å². The predicted molar refractivity (Wildman–Crippen MR) is 108 cm³/mol. The minimum absolute atomic E-state index is 0.0155. The summed E-state index contributed by atoms with van der Waals surface area (Å²) in [6.45, 7) is 3.73. The van der Waals surface area contributed by atoms with E-state index < -0.39 is 10.0 Å². The van der Waals surface area contributed by atoms with Gasteiger partial charge in [0.25, 0.3) is 0 Å². The van der Waals surface area contributed by atoms with Crippen molar-refractivity contribution in [1.82, 2.24) is 14.3 Å². The molecule has 6 nitrogen and oxygen atoms in total. The molecule has 2 heterocycles. The average molecular weight is 404 g/mol. The molecule has 0 saturated carbocycles. The molecular formula is C19H21N3O3S2. The number of H-pyrrole nitrogens is 1. The van der Waals surface area contributed by atoms with Crippen molar-refractivity contribution in [3.8, 4) is 0 Å². The second-order valence-electron chi connectivity index (χ2n) is 6.41. The number of Topliss-reactive ketones (excluding diaryl/α,β-unsaturated/α-hetero) is 1. The summed E-state index contributed by atoms with van der Waals surface area (Å²) in [4.78, 5) is 20.6. The number of aromatic amines is 1. The van der Waals surface area contributed by atoms with Crippen LogP contribution in [0, 0.1) is 6.92 Å². The Morgan fingerprint density at radius 1 is 1.19 bits per heavy atom. The molecule has 3 rings (SSSR count). The molecule has 0 amide bonds. The molecule has 0 saturated heterocycles. The Kier molecular flexibility index (Phi) is 5.41. The molecule has 0 aliphatic rings. The second-order valence-corrected chi connectivity index (χ2v) is 9.93. The number of rotatable bonds is 6. The van der Waals surface area contributed by atoms with Crippen molar-refractivity contribution in [2.45, 2.75) is 29.0 Å². The molecule has 0 spiro atoms. The third kappa shape index (κ3) is 3.78. The van der Waals surface area contributed by atoms with E-state index in [9.17, 15) is 13.2 Å². The van der Waals surface area contributed by atoms with Gasteiger partial charge in [-0.2, -0.15) is 0 Å². The number of sulfonamides is 1. The van der Waals surface area contributed by atoms with Gasteiger partial charge in [-0.05, 0) is 32.0 Å². The standard InChI is InChI=1S/C19H21N3O3S2/c1-12-18(15-7-5-6-8-16(15)21-12)19(23)13(2)26-17-10-9-14(11-20-17)27(24,25)22(3)4/h5-11,13,21H,1-4H3/t13-/m1/s1. The predicted octanol–water partition coefficient (Wildman–Crippen LogP) is 3.49. The minimum atomic E-state index is -3.51. The Balaban J connectivity index is 1.82. The van der Waals surface area contributed by atoms with Crippen LogP contribution in [0.15, 0.2) is 52.5 Å². The zero-order valence-electron chi connectivity index (χ0n) is 15.6. The van der Waals surface area contributed by atoms with Crippen LogP contribution < -0.4 is 0 Å². The average Bonchev–Trinajstić information content (AvgIpc) is 2.97. The van der Waals surface area contributed by atoms with Crippen LogP contribution in [0.4, 0.5) is 0 Å². The fourth-order valence-electron chi connectivity index (χ4n) is 2.83. The Morgan fingerprint density at radius 2 is 1.89 bits per heavy atom. The summed E-state index contributed by atoms with van der Waals surface area (Å²) < 4.78 is 25.4. The molecule has 0 fully saturated rings. The number of benzene rings is 1. The first-order valence-corrected chi connectivity index (χ1v) is 10.7. The van der Waals surface area contributed by atoms with Crippen molar-refractivity contribution in [2.24, 2.45) is 0 Å². The van der Waals surface area contributed by atoms with Crippen LogP contribution >= 0.6 is 11.8 Å². The molecule has 142 valence electrons. The van der Waals surface area contributed by atoms with E-state index in [4.69, 9.17) is 0 Å². The van der Waals surface area contributed by atoms with Crippen LogP contribution in [-0.2, 0) is 10.0 Å². The lowest BCUT2D eigenvalue weighted by atomic mass is 10.1. The third-order valence-electron chi connectivity index (χ3n) is 4.29. The first kappa shape index (κ1) is 19.6. The Morgan fingerprint density at radius 3 is 2.52 bits per heavy atom. The molecule has 3 aromatic rings. The van der Waals surface area contributed by atoms with E-state index in [1.807, 2.05) is 38.1 Å². The number of aryl methyl sites for hydroxylation is 1. The maximum Gasteiger partial charge on any atom is 0.244 e. The number of carbonyl (C=O) groups is 1. The van der Waals surface area contributed by atoms with Gasteiger partial charge in [-0.15, -0.1) is 0 Å². The number of para-hydroxylation sites is 1. The molecule has 0 aliphatic heterocycles. The van der Waals surface area contributed by atoms with E-state index >= 15 is 0 Å². The van der Waals surface area contributed by atoms with Gasteiger partial charge >= 0.3 is 0 Å². The fraction of sp³-hybridized carbons (Fsp3) is 0.263. The van der Waals surface area contributed by atoms with Crippen LogP contribution in [0.2, 0.25) is 0 Å². The van der Waals surface area contributed by atoms with Crippen molar-refractivity contribution in [3.05, 3.63) is 53.9 Å². The van der Waals surface area contributed by atoms with Gasteiger partial charge in [0.2, 0.25) is 10.0 Å². The molecule has 0 unspecified atom stereocenters. The Bertz CT molecular complexity index is 1090. The van der Waals surface area contributed by atoms with Gasteiger partial charge in [-0.1, -0.05) is 30.0 Å². The highest BCUT2D eigenvalue weighted by Crippen LogP contribution is 2.29. The van der Waals surface area contributed by atoms with Gasteiger partial charge in [0, 0.05) is 42.5 Å². The SMILES string of the molecule is Cc1[nH]c2ccccc2c1C(=O)[C@@H](C)Sc1ccc(S(=O)(=O)N(C)C)cn1. The van der Waals surface area contributed by atoms with Gasteiger partial charge in [-0.25, -0.2) is 17.7 Å². The van der Waals surface area contributed by atoms with E-state index in [1.54, 1.807) is 6.07 Å². The first-order valence-electron chi connectivity index (χ1n) is 8.38. The van der Waals surface area contributed by atoms with E-state index in [1.165, 1.54) is 38.1 Å². The molecule has 1 N–H and O–H groups in total. The largest absolute Gasteiger partial charge is 0.358 e. The Labute approximate surface area is 163 Å². The molecule has 2 aromatic heterocycles. The maximum absolute atomic E-state index is 13.0. The van der Waals surface area contributed by atoms with Crippen LogP contribution in [0.5, 0.6) is 0 Å². The number of hydrogen-bond acceptors (Lipinski definition) is 5. The number of thioether (sulfide) groups is 1. The van der Waals surface area contributed by atoms with Crippen molar-refractivity contribution >= 4 is 38.5 Å². The summed E-state index contributed by atoms with van der Waals surface area (Å²) in [6, 6.07) is 10.9. The molecule has 8 heteroatoms. The van der Waals surface area contributed by atoms with Gasteiger partial charge in [0.05, 0.1) is 10.3 Å². The summed E-state index contributed by atoms with van der Waals surface area (Å²) in [5.74, 6) is 0.0155. The van der Waals surface area contributed by atoms with Gasteiger partial charge in [0.15, 0.2) is 5.78 Å². The number of pyridine rings is 1. The zero-order valence-corrected chi connectivity index (χ0v) is 17.2. The van der Waals surface area contributed by atoms with E-state index in [0.29, 0.717) is 10.6 Å². The smallest absolute Gasteiger partial charge is 0.244 e. The van der Waals surface area contributed by atoms with Crippen molar-refractivity contribution in [1.29, 1.82) is 0 Å². The lowest BCUT2D eigenvalue weighted by molar-refractivity contribution is 0.0995. The number of ketones is 1. The number of aromatic nitrogens is 2. The minimum Gasteiger partial charge on any atom is -0.358 e. The normalized spacial score (nSPS) is 13.2. The quantitative estimate of drug-likeness (QED) is 0.503. The second kappa shape index (κ2) is 7.46. The summed E-state index contributed by atoms with van der Waals surface area (Å²) in [5, 5.41) is 1.16. The fourth-order valence-corrected chi connectivity index (χ4v) is 4.53. The highest BCUT2D eigenvalue weighted by atomic mass is 32.2. The topological polar surface area (TPSA) is 83.1 Å². The number of nitrogens with one attached hydrogen (secondary N) is 1. The van der Waals surface area contributed by atoms with E-state index in [0.717, 1.165) is 20.9 Å². The maximum atomic E-state index is 13.0. The molecular weight excluding hydrogens is 382 g/mol. The van der Waals surface area contributed by atoms with Gasteiger partial charge in [0.1, 0.15) is 4.90 Å². The summed E-state index contributed by atoms with van der Waals surface area (Å²) in [5.41, 5.74) is 2.47. The lowest BCUT2D eigenvalue weighted by Crippen LogP contribution is -2.22. The summed E-state index contributed by atoms with van der Waals surface area (Å²) in [7, 11) is -0.564. The van der Waals surface area contributed by atoms with Crippen molar-refractivity contribution < 1.29 is 13.2 Å². The molecule has 0 bridgehead atoms. The number of carbonyl (C=O) groups excluding carboxylic acids is 1. The highest BCUT2D eigenvalue weighted by molar-refractivity contribution is 8.00. The first-order chi connectivity index (χ1) is 12.7. The van der Waals surface area contributed by atoms with Crippen LogP contribution in [0.3, 0.4) is 0 Å². The number of fused-ring (bicyclic) bond motifs is 1. The highest BCUT2D eigenvalue weighted by Gasteiger charge is 2.23. The van der Waals surface area contributed by atoms with Crippen LogP contribution in [0.1, 0.15) is 23.0 Å². The Hall–Kier alpha value is -2.16. The molecule has 1 aromatic carbocycles. The third-order valence-corrected chi connectivity index (χ3v) is 7.14. The lowest BCUT2D eigenvalue weighted by Gasteiger charge is -2.12. The molecule has 0 aliphatic carbocycles. The summed E-state index contributed by atoms with van der Waals surface area (Å²) in [6.07, 6.45) is 1.33. The van der Waals surface area contributed by atoms with E-state index in [-0.39, 0.29) is 15.9 Å². The van der Waals surface area contributed by atoms with Crippen LogP contribution in [-0.4, -0.2) is 47.8 Å². The monoisotopic (exact) mass is 403 g/mol. The number of hydrogen-bond donors (Lipinski definition) is 1. The number of nitrogens with zero attached hydrogens (tertiary/aromatic N) is 2. The van der Waals surface area contributed by atoms with Crippen molar-refractivity contribution in [3.63, 3.8) is 0 Å². The van der Waals surface area contributed by atoms with Gasteiger partial charge < -0.3 is 4.98 Å².